The maximum absolute atomic E-state index is 13.0. The second-order valence-corrected chi connectivity index (χ2v) is 7.47. The van der Waals surface area contributed by atoms with Crippen molar-refractivity contribution >= 4 is 11.9 Å². The number of ether oxygens (including phenoxy) is 1. The number of hydrogen-bond acceptors (Lipinski definition) is 5. The summed E-state index contributed by atoms with van der Waals surface area (Å²) in [5.41, 5.74) is -1.99. The van der Waals surface area contributed by atoms with Gasteiger partial charge in [0.25, 0.3) is 5.91 Å². The lowest BCUT2D eigenvalue weighted by molar-refractivity contribution is -0.138. The summed E-state index contributed by atoms with van der Waals surface area (Å²) in [5.74, 6) is -1.48. The molecule has 0 aliphatic carbocycles. The van der Waals surface area contributed by atoms with Gasteiger partial charge < -0.3 is 9.64 Å². The van der Waals surface area contributed by atoms with E-state index in [4.69, 9.17) is 4.74 Å². The van der Waals surface area contributed by atoms with Crippen LogP contribution in [0.1, 0.15) is 47.9 Å². The molecule has 1 aromatic heterocycles. The Morgan fingerprint density at radius 3 is 2.65 bits per heavy atom. The number of halogens is 3. The lowest BCUT2D eigenvalue weighted by Gasteiger charge is -2.33. The van der Waals surface area contributed by atoms with E-state index in [9.17, 15) is 27.6 Å². The molecule has 166 valence electrons. The summed E-state index contributed by atoms with van der Waals surface area (Å²) in [6.45, 7) is 3.42. The highest BCUT2D eigenvalue weighted by atomic mass is 19.4. The molecule has 1 amide bonds. The quantitative estimate of drug-likeness (QED) is 0.687. The monoisotopic (exact) mass is 437 g/mol. The zero-order chi connectivity index (χ0) is 22.8. The van der Waals surface area contributed by atoms with E-state index in [0.29, 0.717) is 6.54 Å². The summed E-state index contributed by atoms with van der Waals surface area (Å²) in [5, 5.41) is 3.91. The molecule has 1 aromatic carbocycles. The Hall–Kier alpha value is -3.17. The molecule has 0 N–H and O–H groups in total. The molecule has 1 atom stereocenters. The van der Waals surface area contributed by atoms with Gasteiger partial charge in [0, 0.05) is 24.3 Å². The van der Waals surface area contributed by atoms with Gasteiger partial charge in [-0.15, -0.1) is 0 Å². The van der Waals surface area contributed by atoms with Gasteiger partial charge in [-0.25, -0.2) is 9.48 Å². The van der Waals surface area contributed by atoms with E-state index in [1.54, 1.807) is 4.90 Å². The average Bonchev–Trinajstić information content (AvgIpc) is 2.71. The van der Waals surface area contributed by atoms with E-state index in [0.717, 1.165) is 42.1 Å². The van der Waals surface area contributed by atoms with Gasteiger partial charge in [0.05, 0.1) is 11.3 Å². The Bertz CT molecular complexity index is 1050. The molecule has 1 fully saturated rings. The number of aromatic nitrogens is 2. The van der Waals surface area contributed by atoms with Gasteiger partial charge in [0.1, 0.15) is 0 Å². The molecule has 0 bridgehead atoms. The third kappa shape index (κ3) is 5.12. The lowest BCUT2D eigenvalue weighted by Crippen LogP contribution is -2.44. The van der Waals surface area contributed by atoms with Crippen molar-refractivity contribution in [2.45, 2.75) is 45.3 Å². The number of aryl methyl sites for hydroxylation is 1. The molecule has 31 heavy (non-hydrogen) atoms. The minimum atomic E-state index is -4.56. The van der Waals surface area contributed by atoms with Crippen LogP contribution in [0, 0.1) is 6.92 Å². The molecule has 0 radical (unpaired) electrons. The summed E-state index contributed by atoms with van der Waals surface area (Å²) in [7, 11) is 0. The lowest BCUT2D eigenvalue weighted by atomic mass is 10.0. The highest BCUT2D eigenvalue weighted by Crippen LogP contribution is 2.30. The second kappa shape index (κ2) is 8.91. The fourth-order valence-electron chi connectivity index (χ4n) is 3.51. The Kier molecular flexibility index (Phi) is 6.47. The van der Waals surface area contributed by atoms with Crippen molar-refractivity contribution in [1.82, 2.24) is 14.7 Å². The molecule has 10 heteroatoms. The number of amides is 1. The number of nitrogens with zero attached hydrogens (tertiary/aromatic N) is 3. The second-order valence-electron chi connectivity index (χ2n) is 7.47. The fraction of sp³-hybridized carbons (Fsp3) is 0.429. The molecule has 0 saturated carbocycles. The maximum Gasteiger partial charge on any atom is 0.416 e. The molecular weight excluding hydrogens is 415 g/mol. The van der Waals surface area contributed by atoms with Crippen LogP contribution < -0.4 is 5.43 Å². The standard InChI is InChI=1S/C21H22F3N3O4/c1-13-6-3-4-9-26(13)18(29)12-31-20(30)19-17(28)10-14(2)27(25-19)16-8-5-7-15(11-16)21(22,23)24/h5,7-8,10-11,13H,3-4,6,9,12H2,1-2H3. The van der Waals surface area contributed by atoms with Gasteiger partial charge in [0.15, 0.2) is 6.61 Å². The van der Waals surface area contributed by atoms with Crippen LogP contribution in [0.15, 0.2) is 35.1 Å². The predicted molar refractivity (Wildman–Crippen MR) is 105 cm³/mol. The van der Waals surface area contributed by atoms with Crippen molar-refractivity contribution in [1.29, 1.82) is 0 Å². The minimum Gasteiger partial charge on any atom is -0.451 e. The van der Waals surface area contributed by atoms with Crippen LogP contribution in [0.25, 0.3) is 5.69 Å². The van der Waals surface area contributed by atoms with Crippen molar-refractivity contribution in [2.75, 3.05) is 13.2 Å². The SMILES string of the molecule is Cc1cc(=O)c(C(=O)OCC(=O)N2CCCCC2C)nn1-c1cccc(C(F)(F)F)c1. The van der Waals surface area contributed by atoms with Crippen molar-refractivity contribution in [2.24, 2.45) is 0 Å². The molecule has 3 rings (SSSR count). The molecule has 1 saturated heterocycles. The van der Waals surface area contributed by atoms with Crippen LogP contribution in [0.5, 0.6) is 0 Å². The number of carbonyl (C=O) groups excluding carboxylic acids is 2. The summed E-state index contributed by atoms with van der Waals surface area (Å²) in [6, 6.07) is 5.46. The van der Waals surface area contributed by atoms with E-state index < -0.39 is 35.4 Å². The smallest absolute Gasteiger partial charge is 0.416 e. The normalized spacial score (nSPS) is 16.8. The molecule has 1 unspecified atom stereocenters. The van der Waals surface area contributed by atoms with Gasteiger partial charge >= 0.3 is 12.1 Å². The fourth-order valence-corrected chi connectivity index (χ4v) is 3.51. The van der Waals surface area contributed by atoms with E-state index in [1.807, 2.05) is 6.92 Å². The number of hydrogen-bond donors (Lipinski definition) is 0. The Morgan fingerprint density at radius 2 is 1.97 bits per heavy atom. The number of esters is 1. The number of carbonyl (C=O) groups is 2. The van der Waals surface area contributed by atoms with E-state index in [2.05, 4.69) is 5.10 Å². The molecule has 1 aliphatic rings. The molecule has 1 aliphatic heterocycles. The summed E-state index contributed by atoms with van der Waals surface area (Å²) in [6.07, 6.45) is -1.81. The van der Waals surface area contributed by atoms with Crippen molar-refractivity contribution in [3.05, 3.63) is 57.5 Å². The number of likely N-dealkylation sites (tertiary alicyclic amines) is 1. The summed E-state index contributed by atoms with van der Waals surface area (Å²) < 4.78 is 45.1. The zero-order valence-corrected chi connectivity index (χ0v) is 17.1. The third-order valence-electron chi connectivity index (χ3n) is 5.17. The maximum atomic E-state index is 13.0. The average molecular weight is 437 g/mol. The first kappa shape index (κ1) is 22.5. The van der Waals surface area contributed by atoms with Crippen molar-refractivity contribution < 1.29 is 27.5 Å². The first-order valence-electron chi connectivity index (χ1n) is 9.83. The Labute approximate surface area is 176 Å². The highest BCUT2D eigenvalue weighted by Gasteiger charge is 2.31. The molecule has 0 spiro atoms. The van der Waals surface area contributed by atoms with Crippen LogP contribution >= 0.6 is 0 Å². The van der Waals surface area contributed by atoms with Crippen molar-refractivity contribution in [3.8, 4) is 5.69 Å². The number of benzene rings is 1. The van der Waals surface area contributed by atoms with Crippen LogP contribution in [-0.4, -0.2) is 45.8 Å². The topological polar surface area (TPSA) is 81.5 Å². The van der Waals surface area contributed by atoms with Gasteiger partial charge in [-0.05, 0) is 51.3 Å². The van der Waals surface area contributed by atoms with Gasteiger partial charge in [-0.2, -0.15) is 18.3 Å². The summed E-state index contributed by atoms with van der Waals surface area (Å²) >= 11 is 0. The van der Waals surface area contributed by atoms with E-state index >= 15 is 0 Å². The molecule has 2 heterocycles. The molecular formula is C21H22F3N3O4. The Morgan fingerprint density at radius 1 is 1.23 bits per heavy atom. The first-order chi connectivity index (χ1) is 14.6. The van der Waals surface area contributed by atoms with Crippen LogP contribution in [0.4, 0.5) is 13.2 Å². The van der Waals surface area contributed by atoms with Gasteiger partial charge in [-0.1, -0.05) is 6.07 Å². The van der Waals surface area contributed by atoms with Crippen molar-refractivity contribution in [3.63, 3.8) is 0 Å². The van der Waals surface area contributed by atoms with Crippen LogP contribution in [-0.2, 0) is 15.7 Å². The largest absolute Gasteiger partial charge is 0.451 e. The first-order valence-corrected chi connectivity index (χ1v) is 9.83. The zero-order valence-electron chi connectivity index (χ0n) is 17.1. The molecule has 7 nitrogen and oxygen atoms in total. The van der Waals surface area contributed by atoms with Crippen LogP contribution in [0.3, 0.4) is 0 Å². The van der Waals surface area contributed by atoms with E-state index in [1.165, 1.54) is 19.1 Å². The summed E-state index contributed by atoms with van der Waals surface area (Å²) in [4.78, 5) is 38.6. The number of piperidine rings is 1. The Balaban J connectivity index is 1.82. The third-order valence-corrected chi connectivity index (χ3v) is 5.17. The van der Waals surface area contributed by atoms with Gasteiger partial charge in [-0.3, -0.25) is 9.59 Å². The predicted octanol–water partition coefficient (Wildman–Crippen LogP) is 3.12. The van der Waals surface area contributed by atoms with E-state index in [-0.39, 0.29) is 23.3 Å². The molecule has 2 aromatic rings. The number of alkyl halides is 3. The van der Waals surface area contributed by atoms with Crippen LogP contribution in [0.2, 0.25) is 0 Å². The number of rotatable bonds is 4. The minimum absolute atomic E-state index is 0.0274. The highest BCUT2D eigenvalue weighted by molar-refractivity contribution is 5.89. The van der Waals surface area contributed by atoms with Gasteiger partial charge in [0.2, 0.25) is 11.1 Å².